The van der Waals surface area contributed by atoms with E-state index < -0.39 is 30.4 Å². The lowest BCUT2D eigenvalue weighted by Gasteiger charge is -2.12. The van der Waals surface area contributed by atoms with Crippen molar-refractivity contribution in [3.63, 3.8) is 0 Å². The minimum atomic E-state index is -0.661. The highest BCUT2D eigenvalue weighted by atomic mass is 16.5. The van der Waals surface area contributed by atoms with Gasteiger partial charge in [0, 0.05) is 22.8 Å². The lowest BCUT2D eigenvalue weighted by molar-refractivity contribution is -0.127. The number of rotatable bonds is 7. The predicted octanol–water partition coefficient (Wildman–Crippen LogP) is 4.11. The number of aryl methyl sites for hydroxylation is 2. The molecule has 9 nitrogen and oxygen atoms in total. The van der Waals surface area contributed by atoms with Gasteiger partial charge < -0.3 is 19.9 Å². The van der Waals surface area contributed by atoms with E-state index in [1.165, 1.54) is 0 Å². The summed E-state index contributed by atoms with van der Waals surface area (Å²) in [5.74, 6) is -1.47. The molecule has 1 saturated heterocycles. The van der Waals surface area contributed by atoms with Crippen LogP contribution in [-0.4, -0.2) is 46.4 Å². The maximum Gasteiger partial charge on any atom is 0.338 e. The van der Waals surface area contributed by atoms with Gasteiger partial charge in [-0.25, -0.2) is 14.5 Å². The molecule has 1 aromatic heterocycles. The van der Waals surface area contributed by atoms with Crippen molar-refractivity contribution in [2.75, 3.05) is 18.5 Å². The maximum absolute atomic E-state index is 12.9. The SMILES string of the molecule is CCOC(=O)c1cccc(-n2c(C)cc(/C=C3\NC(=O)N(CC(=O)Nc4ccc(C)cc4)C3=O)c2C)c1. The van der Waals surface area contributed by atoms with Crippen molar-refractivity contribution in [1.29, 1.82) is 0 Å². The molecule has 1 aliphatic heterocycles. The molecule has 4 rings (SSSR count). The average Bonchev–Trinajstić information content (AvgIpc) is 3.29. The minimum absolute atomic E-state index is 0.0775. The number of imide groups is 1. The largest absolute Gasteiger partial charge is 0.462 e. The normalized spacial score (nSPS) is 14.2. The highest BCUT2D eigenvalue weighted by Gasteiger charge is 2.35. The summed E-state index contributed by atoms with van der Waals surface area (Å²) in [5.41, 5.74) is 5.30. The first-order valence-electron chi connectivity index (χ1n) is 11.9. The Morgan fingerprint density at radius 3 is 2.46 bits per heavy atom. The average molecular weight is 501 g/mol. The van der Waals surface area contributed by atoms with Gasteiger partial charge in [0.05, 0.1) is 12.2 Å². The zero-order valence-electron chi connectivity index (χ0n) is 21.1. The minimum Gasteiger partial charge on any atom is -0.462 e. The van der Waals surface area contributed by atoms with Crippen LogP contribution in [0.1, 0.15) is 39.8 Å². The lowest BCUT2D eigenvalue weighted by Crippen LogP contribution is -2.38. The fourth-order valence-corrected chi connectivity index (χ4v) is 4.17. The van der Waals surface area contributed by atoms with E-state index in [1.54, 1.807) is 43.3 Å². The number of nitrogens with one attached hydrogen (secondary N) is 2. The van der Waals surface area contributed by atoms with Crippen molar-refractivity contribution < 1.29 is 23.9 Å². The summed E-state index contributed by atoms with van der Waals surface area (Å²) in [6.07, 6.45) is 1.59. The summed E-state index contributed by atoms with van der Waals surface area (Å²) >= 11 is 0. The van der Waals surface area contributed by atoms with E-state index in [2.05, 4.69) is 10.6 Å². The van der Waals surface area contributed by atoms with Gasteiger partial charge in [0.25, 0.3) is 5.91 Å². The number of aromatic nitrogens is 1. The molecule has 2 aromatic carbocycles. The number of benzene rings is 2. The van der Waals surface area contributed by atoms with E-state index in [-0.39, 0.29) is 12.3 Å². The molecular formula is C28H28N4O5. The Kier molecular flexibility index (Phi) is 7.24. The number of hydrogen-bond donors (Lipinski definition) is 2. The Hall–Kier alpha value is -4.66. The number of ether oxygens (including phenoxy) is 1. The zero-order valence-corrected chi connectivity index (χ0v) is 21.1. The fourth-order valence-electron chi connectivity index (χ4n) is 4.17. The van der Waals surface area contributed by atoms with E-state index in [4.69, 9.17) is 4.74 Å². The van der Waals surface area contributed by atoms with Crippen LogP contribution in [0.25, 0.3) is 11.8 Å². The van der Waals surface area contributed by atoms with Crippen LogP contribution in [-0.2, 0) is 14.3 Å². The summed E-state index contributed by atoms with van der Waals surface area (Å²) in [5, 5.41) is 5.25. The number of anilines is 1. The summed E-state index contributed by atoms with van der Waals surface area (Å²) in [6, 6.07) is 15.5. The van der Waals surface area contributed by atoms with Crippen LogP contribution < -0.4 is 10.6 Å². The van der Waals surface area contributed by atoms with Crippen molar-refractivity contribution in [3.05, 3.63) is 88.4 Å². The van der Waals surface area contributed by atoms with E-state index >= 15 is 0 Å². The second-order valence-corrected chi connectivity index (χ2v) is 8.73. The molecule has 0 aliphatic carbocycles. The number of esters is 1. The number of amides is 4. The highest BCUT2D eigenvalue weighted by molar-refractivity contribution is 6.16. The van der Waals surface area contributed by atoms with Crippen molar-refractivity contribution in [3.8, 4) is 5.69 Å². The van der Waals surface area contributed by atoms with Gasteiger partial charge >= 0.3 is 12.0 Å². The molecule has 2 N–H and O–H groups in total. The van der Waals surface area contributed by atoms with Crippen LogP contribution in [0.3, 0.4) is 0 Å². The number of urea groups is 1. The third-order valence-corrected chi connectivity index (χ3v) is 5.98. The highest BCUT2D eigenvalue weighted by Crippen LogP contribution is 2.25. The Labute approximate surface area is 214 Å². The summed E-state index contributed by atoms with van der Waals surface area (Å²) in [6.45, 7) is 7.35. The molecule has 0 radical (unpaired) electrons. The Morgan fingerprint density at radius 1 is 1.03 bits per heavy atom. The molecule has 2 heterocycles. The van der Waals surface area contributed by atoms with Gasteiger partial charge in [-0.15, -0.1) is 0 Å². The number of hydrogen-bond acceptors (Lipinski definition) is 5. The standard InChI is InChI=1S/C28H28N4O5/c1-5-37-27(35)20-7-6-8-23(14-20)32-18(3)13-21(19(32)4)15-24-26(34)31(28(36)30-24)16-25(33)29-22-11-9-17(2)10-12-22/h6-15H,5,16H2,1-4H3,(H,29,33)(H,30,36)/b24-15-. The van der Waals surface area contributed by atoms with E-state index in [9.17, 15) is 19.2 Å². The van der Waals surface area contributed by atoms with Gasteiger partial charge in [-0.2, -0.15) is 0 Å². The molecule has 9 heteroatoms. The zero-order chi connectivity index (χ0) is 26.7. The third-order valence-electron chi connectivity index (χ3n) is 5.98. The topological polar surface area (TPSA) is 110 Å². The van der Waals surface area contributed by atoms with Crippen LogP contribution in [0.5, 0.6) is 0 Å². The number of carbonyl (C=O) groups is 4. The molecule has 0 spiro atoms. The van der Waals surface area contributed by atoms with Crippen molar-refractivity contribution >= 4 is 35.6 Å². The molecule has 1 aliphatic rings. The quantitative estimate of drug-likeness (QED) is 0.288. The van der Waals surface area contributed by atoms with Crippen molar-refractivity contribution in [2.45, 2.75) is 27.7 Å². The molecule has 1 fully saturated rings. The third kappa shape index (κ3) is 5.45. The van der Waals surface area contributed by atoms with Crippen LogP contribution in [0, 0.1) is 20.8 Å². The van der Waals surface area contributed by atoms with Crippen molar-refractivity contribution in [2.24, 2.45) is 0 Å². The van der Waals surface area contributed by atoms with Crippen LogP contribution in [0.4, 0.5) is 10.5 Å². The molecule has 0 atom stereocenters. The summed E-state index contributed by atoms with van der Waals surface area (Å²) in [7, 11) is 0. The summed E-state index contributed by atoms with van der Waals surface area (Å²) < 4.78 is 7.05. The Bertz CT molecular complexity index is 1420. The van der Waals surface area contributed by atoms with Gasteiger partial charge in [0.2, 0.25) is 5.91 Å². The Morgan fingerprint density at radius 2 is 1.76 bits per heavy atom. The van der Waals surface area contributed by atoms with Gasteiger partial charge in [-0.1, -0.05) is 23.8 Å². The molecular weight excluding hydrogens is 472 g/mol. The number of carbonyl (C=O) groups excluding carboxylic acids is 4. The predicted molar refractivity (Wildman–Crippen MR) is 139 cm³/mol. The Balaban J connectivity index is 1.53. The second-order valence-electron chi connectivity index (χ2n) is 8.73. The van der Waals surface area contributed by atoms with E-state index in [0.717, 1.165) is 27.5 Å². The lowest BCUT2D eigenvalue weighted by atomic mass is 10.2. The molecule has 3 aromatic rings. The first kappa shape index (κ1) is 25.4. The van der Waals surface area contributed by atoms with Crippen LogP contribution in [0.2, 0.25) is 0 Å². The molecule has 0 bridgehead atoms. The van der Waals surface area contributed by atoms with E-state index in [0.29, 0.717) is 16.8 Å². The number of nitrogens with zero attached hydrogens (tertiary/aromatic N) is 2. The summed E-state index contributed by atoms with van der Waals surface area (Å²) in [4.78, 5) is 50.9. The van der Waals surface area contributed by atoms with Gasteiger partial charge in [0.1, 0.15) is 12.2 Å². The van der Waals surface area contributed by atoms with E-state index in [1.807, 2.05) is 49.6 Å². The van der Waals surface area contributed by atoms with Crippen LogP contribution in [0.15, 0.2) is 60.3 Å². The smallest absolute Gasteiger partial charge is 0.338 e. The van der Waals surface area contributed by atoms with Crippen LogP contribution >= 0.6 is 0 Å². The molecule has 4 amide bonds. The first-order valence-corrected chi connectivity index (χ1v) is 11.9. The first-order chi connectivity index (χ1) is 17.7. The monoisotopic (exact) mass is 500 g/mol. The molecule has 190 valence electrons. The van der Waals surface area contributed by atoms with Gasteiger partial charge in [-0.3, -0.25) is 9.59 Å². The molecule has 0 unspecified atom stereocenters. The fraction of sp³-hybridized carbons (Fsp3) is 0.214. The van der Waals surface area contributed by atoms with Gasteiger partial charge in [-0.05, 0) is 75.7 Å². The molecule has 37 heavy (non-hydrogen) atoms. The second kappa shape index (κ2) is 10.5. The van der Waals surface area contributed by atoms with Crippen molar-refractivity contribution in [1.82, 2.24) is 14.8 Å². The maximum atomic E-state index is 12.9. The van der Waals surface area contributed by atoms with Gasteiger partial charge in [0.15, 0.2) is 0 Å². The molecule has 0 saturated carbocycles.